The zero-order valence-corrected chi connectivity index (χ0v) is 19.1. The van der Waals surface area contributed by atoms with Gasteiger partial charge in [0.1, 0.15) is 5.60 Å². The number of sulfonamides is 1. The van der Waals surface area contributed by atoms with E-state index in [0.717, 1.165) is 17.5 Å². The van der Waals surface area contributed by atoms with Gasteiger partial charge in [0.05, 0.1) is 16.1 Å². The summed E-state index contributed by atoms with van der Waals surface area (Å²) in [5.41, 5.74) is 1.28. The first kappa shape index (κ1) is 22.4. The summed E-state index contributed by atoms with van der Waals surface area (Å²) in [7, 11) is -3.62. The first-order valence-corrected chi connectivity index (χ1v) is 11.9. The van der Waals surface area contributed by atoms with Crippen LogP contribution in [0.25, 0.3) is 0 Å². The fourth-order valence-electron chi connectivity index (χ4n) is 3.56. The number of carbonyl (C=O) groups is 1. The van der Waals surface area contributed by atoms with Crippen molar-refractivity contribution in [3.63, 3.8) is 0 Å². The fourth-order valence-corrected chi connectivity index (χ4v) is 5.15. The normalized spacial score (nSPS) is 20.9. The molecule has 0 saturated carbocycles. The van der Waals surface area contributed by atoms with Crippen LogP contribution in [0.1, 0.15) is 44.7 Å². The van der Waals surface area contributed by atoms with Crippen LogP contribution >= 0.6 is 23.2 Å². The van der Waals surface area contributed by atoms with E-state index < -0.39 is 21.7 Å². The first-order valence-electron chi connectivity index (χ1n) is 9.61. The number of hydrogen-bond acceptors (Lipinski definition) is 4. The first-order chi connectivity index (χ1) is 13.5. The molecule has 0 spiro atoms. The van der Waals surface area contributed by atoms with Gasteiger partial charge in [-0.1, -0.05) is 23.2 Å². The van der Waals surface area contributed by atoms with Crippen molar-refractivity contribution >= 4 is 39.3 Å². The van der Waals surface area contributed by atoms with E-state index in [4.69, 9.17) is 27.9 Å². The lowest BCUT2D eigenvalue weighted by Gasteiger charge is -2.28. The van der Waals surface area contributed by atoms with Crippen LogP contribution in [0, 0.1) is 0 Å². The number of fused-ring (bicyclic) bond motifs is 1. The Morgan fingerprint density at radius 3 is 2.48 bits per heavy atom. The number of rotatable bonds is 3. The number of halogens is 2. The van der Waals surface area contributed by atoms with Gasteiger partial charge in [0.25, 0.3) is 0 Å². The highest BCUT2D eigenvalue weighted by Crippen LogP contribution is 2.30. The summed E-state index contributed by atoms with van der Waals surface area (Å²) in [5.74, 6) is 0. The molecule has 2 aliphatic heterocycles. The molecule has 1 atom stereocenters. The van der Waals surface area contributed by atoms with Crippen molar-refractivity contribution in [2.45, 2.75) is 58.2 Å². The van der Waals surface area contributed by atoms with Gasteiger partial charge in [0.15, 0.2) is 0 Å². The summed E-state index contributed by atoms with van der Waals surface area (Å²) in [6.45, 7) is 6.61. The molecule has 1 saturated heterocycles. The Morgan fingerprint density at radius 1 is 1.17 bits per heavy atom. The van der Waals surface area contributed by atoms with Crippen molar-refractivity contribution in [3.05, 3.63) is 44.8 Å². The van der Waals surface area contributed by atoms with E-state index in [2.05, 4.69) is 0 Å². The molecule has 0 N–H and O–H groups in total. The van der Waals surface area contributed by atoms with Gasteiger partial charge in [-0.25, -0.2) is 13.2 Å². The third kappa shape index (κ3) is 5.45. The average molecular weight is 461 g/mol. The average Bonchev–Trinajstić information content (AvgIpc) is 3.08. The molecule has 3 rings (SSSR count). The van der Waals surface area contributed by atoms with Gasteiger partial charge in [-0.05, 0) is 69.4 Å². The molecule has 2 aliphatic rings. The van der Waals surface area contributed by atoms with Gasteiger partial charge in [0.2, 0.25) is 10.0 Å². The van der Waals surface area contributed by atoms with Crippen LogP contribution in [0.5, 0.6) is 0 Å². The lowest BCUT2D eigenvalue weighted by Crippen LogP contribution is -2.39. The Kier molecular flexibility index (Phi) is 6.53. The molecule has 0 bridgehead atoms. The van der Waals surface area contributed by atoms with E-state index in [1.807, 2.05) is 20.8 Å². The second-order valence-corrected chi connectivity index (χ2v) is 11.0. The molecule has 29 heavy (non-hydrogen) atoms. The lowest BCUT2D eigenvalue weighted by atomic mass is 10.0. The number of amides is 1. The van der Waals surface area contributed by atoms with Crippen molar-refractivity contribution in [1.82, 2.24) is 9.21 Å². The number of nitrogens with zero attached hydrogens (tertiary/aromatic N) is 2. The zero-order chi connectivity index (χ0) is 21.4. The highest BCUT2D eigenvalue weighted by Gasteiger charge is 2.32. The fraction of sp³-hybridized carbons (Fsp3) is 0.550. The molecular weight excluding hydrogens is 435 g/mol. The number of carbonyl (C=O) groups excluding carboxylic acids is 1. The van der Waals surface area contributed by atoms with Gasteiger partial charge in [-0.3, -0.25) is 0 Å². The molecule has 1 amide bonds. The quantitative estimate of drug-likeness (QED) is 0.660. The van der Waals surface area contributed by atoms with Gasteiger partial charge >= 0.3 is 6.09 Å². The smallest absolute Gasteiger partial charge is 0.410 e. The van der Waals surface area contributed by atoms with Crippen molar-refractivity contribution in [3.8, 4) is 0 Å². The standard InChI is InChI=1S/C20H26Cl2N2O4S/c1-20(2,3)28-19(25)24-8-4-5-16(24)7-10-29(26,27)23-9-6-14-11-17(21)18(22)12-15(14)13-23/h7,10-12,16H,4-6,8-9,13H2,1-3H3/b10-7-. The van der Waals surface area contributed by atoms with Crippen LogP contribution in [0.4, 0.5) is 4.79 Å². The van der Waals surface area contributed by atoms with Crippen LogP contribution in [-0.4, -0.2) is 48.4 Å². The maximum atomic E-state index is 12.9. The van der Waals surface area contributed by atoms with Crippen molar-refractivity contribution in [1.29, 1.82) is 0 Å². The number of likely N-dealkylation sites (tertiary alicyclic amines) is 1. The molecule has 160 valence electrons. The van der Waals surface area contributed by atoms with Gasteiger partial charge in [-0.2, -0.15) is 4.31 Å². The third-order valence-electron chi connectivity index (χ3n) is 4.98. The van der Waals surface area contributed by atoms with Crippen molar-refractivity contribution < 1.29 is 17.9 Å². The summed E-state index contributed by atoms with van der Waals surface area (Å²) in [6, 6.07) is 3.24. The highest BCUT2D eigenvalue weighted by molar-refractivity contribution is 7.92. The van der Waals surface area contributed by atoms with E-state index in [-0.39, 0.29) is 12.6 Å². The van der Waals surface area contributed by atoms with Gasteiger partial charge < -0.3 is 9.64 Å². The number of ether oxygens (including phenoxy) is 1. The Labute approximate surface area is 182 Å². The van der Waals surface area contributed by atoms with Crippen LogP contribution < -0.4 is 0 Å². The topological polar surface area (TPSA) is 66.9 Å². The van der Waals surface area contributed by atoms with E-state index in [1.54, 1.807) is 23.1 Å². The SMILES string of the molecule is CC(C)(C)OC(=O)N1CCCC1/C=C\S(=O)(=O)N1CCc2cc(Cl)c(Cl)cc2C1. The predicted octanol–water partition coefficient (Wildman–Crippen LogP) is 4.59. The van der Waals surface area contributed by atoms with Crippen LogP contribution in [0.3, 0.4) is 0 Å². The Morgan fingerprint density at radius 2 is 1.83 bits per heavy atom. The molecule has 0 aliphatic carbocycles. The largest absolute Gasteiger partial charge is 0.444 e. The van der Waals surface area contributed by atoms with Crippen LogP contribution in [-0.2, 0) is 27.7 Å². The predicted molar refractivity (Wildman–Crippen MR) is 115 cm³/mol. The summed E-state index contributed by atoms with van der Waals surface area (Å²) in [5, 5.41) is 2.10. The molecule has 2 heterocycles. The van der Waals surface area contributed by atoms with E-state index >= 15 is 0 Å². The highest BCUT2D eigenvalue weighted by atomic mass is 35.5. The molecule has 0 aromatic heterocycles. The maximum absolute atomic E-state index is 12.9. The monoisotopic (exact) mass is 460 g/mol. The lowest BCUT2D eigenvalue weighted by molar-refractivity contribution is 0.0256. The molecular formula is C20H26Cl2N2O4S. The minimum Gasteiger partial charge on any atom is -0.444 e. The Hall–Kier alpha value is -1.28. The molecule has 1 fully saturated rings. The maximum Gasteiger partial charge on any atom is 0.410 e. The Bertz CT molecular complexity index is 925. The minimum atomic E-state index is -3.62. The Balaban J connectivity index is 1.71. The number of benzene rings is 1. The molecule has 1 aromatic carbocycles. The third-order valence-corrected chi connectivity index (χ3v) is 7.23. The van der Waals surface area contributed by atoms with E-state index in [0.29, 0.717) is 36.0 Å². The van der Waals surface area contributed by atoms with Crippen LogP contribution in [0.15, 0.2) is 23.6 Å². The summed E-state index contributed by atoms with van der Waals surface area (Å²) in [6.07, 6.45) is 3.27. The molecule has 1 unspecified atom stereocenters. The second kappa shape index (κ2) is 8.46. The molecule has 6 nitrogen and oxygen atoms in total. The van der Waals surface area contributed by atoms with E-state index in [1.165, 1.54) is 9.71 Å². The zero-order valence-electron chi connectivity index (χ0n) is 16.8. The molecule has 0 radical (unpaired) electrons. The van der Waals surface area contributed by atoms with Gasteiger partial charge in [-0.15, -0.1) is 0 Å². The number of hydrogen-bond donors (Lipinski definition) is 0. The van der Waals surface area contributed by atoms with E-state index in [9.17, 15) is 13.2 Å². The molecule has 9 heteroatoms. The van der Waals surface area contributed by atoms with Gasteiger partial charge in [0, 0.05) is 25.0 Å². The van der Waals surface area contributed by atoms with Crippen molar-refractivity contribution in [2.75, 3.05) is 13.1 Å². The van der Waals surface area contributed by atoms with Crippen LogP contribution in [0.2, 0.25) is 10.0 Å². The summed E-state index contributed by atoms with van der Waals surface area (Å²) < 4.78 is 32.6. The summed E-state index contributed by atoms with van der Waals surface area (Å²) >= 11 is 12.1. The minimum absolute atomic E-state index is 0.249. The second-order valence-electron chi connectivity index (χ2n) is 8.38. The molecule has 1 aromatic rings. The van der Waals surface area contributed by atoms with Crippen molar-refractivity contribution in [2.24, 2.45) is 0 Å². The summed E-state index contributed by atoms with van der Waals surface area (Å²) in [4.78, 5) is 14.0.